The average Bonchev–Trinajstić information content (AvgIpc) is 1.98. The van der Waals surface area contributed by atoms with Crippen LogP contribution in [-0.2, 0) is 14.3 Å². The van der Waals surface area contributed by atoms with E-state index in [1.165, 1.54) is 0 Å². The first-order valence-electron chi connectivity index (χ1n) is 2.95. The van der Waals surface area contributed by atoms with Crippen molar-refractivity contribution in [3.05, 3.63) is 0 Å². The van der Waals surface area contributed by atoms with Crippen molar-refractivity contribution in [1.82, 2.24) is 0 Å². The van der Waals surface area contributed by atoms with Crippen LogP contribution in [-0.4, -0.2) is 37.0 Å². The van der Waals surface area contributed by atoms with Gasteiger partial charge in [-0.2, -0.15) is 0 Å². The molecule has 0 aromatic carbocycles. The molecule has 10 heavy (non-hydrogen) atoms. The molecule has 0 rings (SSSR count). The Morgan fingerprint density at radius 1 is 1.40 bits per heavy atom. The van der Waals surface area contributed by atoms with E-state index in [0.29, 0.717) is 12.6 Å². The van der Waals surface area contributed by atoms with Crippen molar-refractivity contribution in [2.24, 2.45) is 0 Å². The molecule has 0 aromatic rings. The van der Waals surface area contributed by atoms with E-state index in [-0.39, 0.29) is 19.6 Å². The van der Waals surface area contributed by atoms with Crippen LogP contribution in [0.2, 0.25) is 0 Å². The van der Waals surface area contributed by atoms with Gasteiger partial charge in [-0.05, 0) is 0 Å². The maximum atomic E-state index is 9.86. The molecule has 0 heterocycles. The van der Waals surface area contributed by atoms with Crippen LogP contribution < -0.4 is 0 Å². The number of ether oxygens (including phenoxy) is 1. The maximum Gasteiger partial charge on any atom is 0.145 e. The molecule has 0 radical (unpaired) electrons. The summed E-state index contributed by atoms with van der Waals surface area (Å²) in [5.74, 6) is 0. The van der Waals surface area contributed by atoms with E-state index >= 15 is 0 Å². The average molecular weight is 146 g/mol. The number of hydrogen-bond donors (Lipinski definition) is 1. The summed E-state index contributed by atoms with van der Waals surface area (Å²) in [6.45, 7) is -0.300. The summed E-state index contributed by atoms with van der Waals surface area (Å²) in [7, 11) is 0. The summed E-state index contributed by atoms with van der Waals surface area (Å²) < 4.78 is 4.73. The van der Waals surface area contributed by atoms with Crippen molar-refractivity contribution in [2.75, 3.05) is 13.2 Å². The number of rotatable bonds is 6. The van der Waals surface area contributed by atoms with Gasteiger partial charge in [0.1, 0.15) is 19.2 Å². The molecule has 0 saturated heterocycles. The van der Waals surface area contributed by atoms with Crippen LogP contribution in [0.5, 0.6) is 0 Å². The standard InChI is InChI=1S/C6H10O4/c7-2-1-6(5-9)10-4-3-8/h2-3,6,9H,1,4-5H2. The summed E-state index contributed by atoms with van der Waals surface area (Å²) in [5.41, 5.74) is 0. The lowest BCUT2D eigenvalue weighted by molar-refractivity contribution is -0.118. The molecule has 0 fully saturated rings. The number of aliphatic hydroxyl groups excluding tert-OH is 1. The van der Waals surface area contributed by atoms with Crippen LogP contribution in [0.15, 0.2) is 0 Å². The van der Waals surface area contributed by atoms with Crippen molar-refractivity contribution in [3.8, 4) is 0 Å². The monoisotopic (exact) mass is 146 g/mol. The first-order valence-corrected chi connectivity index (χ1v) is 2.95. The van der Waals surface area contributed by atoms with E-state index in [4.69, 9.17) is 9.84 Å². The Morgan fingerprint density at radius 3 is 2.50 bits per heavy atom. The first kappa shape index (κ1) is 9.26. The second-order valence-electron chi connectivity index (χ2n) is 1.71. The molecule has 58 valence electrons. The van der Waals surface area contributed by atoms with Crippen molar-refractivity contribution in [3.63, 3.8) is 0 Å². The SMILES string of the molecule is O=CCOC(CO)CC=O. The van der Waals surface area contributed by atoms with Gasteiger partial charge in [-0.1, -0.05) is 0 Å². The molecule has 0 aromatic heterocycles. The zero-order valence-electron chi connectivity index (χ0n) is 5.53. The largest absolute Gasteiger partial charge is 0.394 e. The van der Waals surface area contributed by atoms with Crippen LogP contribution in [0.3, 0.4) is 0 Å². The molecule has 0 bridgehead atoms. The number of aliphatic hydroxyl groups is 1. The number of aldehydes is 2. The zero-order valence-corrected chi connectivity index (χ0v) is 5.53. The van der Waals surface area contributed by atoms with Gasteiger partial charge in [0.25, 0.3) is 0 Å². The molecular weight excluding hydrogens is 136 g/mol. The molecule has 0 saturated carbocycles. The molecule has 0 aliphatic rings. The van der Waals surface area contributed by atoms with Crippen molar-refractivity contribution >= 4 is 12.6 Å². The highest BCUT2D eigenvalue weighted by atomic mass is 16.5. The van der Waals surface area contributed by atoms with Crippen molar-refractivity contribution in [1.29, 1.82) is 0 Å². The third kappa shape index (κ3) is 4.17. The fraction of sp³-hybridized carbons (Fsp3) is 0.667. The van der Waals surface area contributed by atoms with Gasteiger partial charge in [0.15, 0.2) is 0 Å². The highest BCUT2D eigenvalue weighted by Gasteiger charge is 2.04. The van der Waals surface area contributed by atoms with E-state index < -0.39 is 6.10 Å². The molecule has 4 heteroatoms. The Labute approximate surface area is 58.8 Å². The van der Waals surface area contributed by atoms with Gasteiger partial charge in [0, 0.05) is 6.42 Å². The predicted molar refractivity (Wildman–Crippen MR) is 33.6 cm³/mol. The highest BCUT2D eigenvalue weighted by Crippen LogP contribution is 1.92. The minimum atomic E-state index is -0.525. The summed E-state index contributed by atoms with van der Waals surface area (Å²) in [5, 5.41) is 8.48. The van der Waals surface area contributed by atoms with E-state index in [1.807, 2.05) is 0 Å². The second-order valence-corrected chi connectivity index (χ2v) is 1.71. The Balaban J connectivity index is 3.38. The zero-order chi connectivity index (χ0) is 7.82. The lowest BCUT2D eigenvalue weighted by Gasteiger charge is -2.08. The quantitative estimate of drug-likeness (QED) is 0.496. The number of hydrogen-bond acceptors (Lipinski definition) is 4. The third-order valence-electron chi connectivity index (χ3n) is 0.963. The maximum absolute atomic E-state index is 9.86. The van der Waals surface area contributed by atoms with Crippen molar-refractivity contribution in [2.45, 2.75) is 12.5 Å². The molecule has 1 N–H and O–H groups in total. The molecule has 0 aliphatic carbocycles. The van der Waals surface area contributed by atoms with Gasteiger partial charge in [-0.15, -0.1) is 0 Å². The summed E-state index contributed by atoms with van der Waals surface area (Å²) in [6.07, 6.45) is 0.825. The van der Waals surface area contributed by atoms with Gasteiger partial charge in [0.05, 0.1) is 12.7 Å². The van der Waals surface area contributed by atoms with Crippen LogP contribution in [0, 0.1) is 0 Å². The second kappa shape index (κ2) is 6.38. The minimum absolute atomic E-state index is 0.0704. The van der Waals surface area contributed by atoms with E-state index in [1.54, 1.807) is 0 Å². The van der Waals surface area contributed by atoms with Gasteiger partial charge in [-0.25, -0.2) is 0 Å². The highest BCUT2D eigenvalue weighted by molar-refractivity contribution is 5.51. The van der Waals surface area contributed by atoms with Gasteiger partial charge >= 0.3 is 0 Å². The Kier molecular flexibility index (Phi) is 5.91. The fourth-order valence-electron chi connectivity index (χ4n) is 0.478. The third-order valence-corrected chi connectivity index (χ3v) is 0.963. The fourth-order valence-corrected chi connectivity index (χ4v) is 0.478. The van der Waals surface area contributed by atoms with Gasteiger partial charge in [0.2, 0.25) is 0 Å². The molecule has 0 amide bonds. The van der Waals surface area contributed by atoms with Gasteiger partial charge < -0.3 is 19.4 Å². The number of carbonyl (C=O) groups excluding carboxylic acids is 2. The van der Waals surface area contributed by atoms with E-state index in [0.717, 1.165) is 0 Å². The topological polar surface area (TPSA) is 63.6 Å². The molecule has 1 unspecified atom stereocenters. The van der Waals surface area contributed by atoms with E-state index in [9.17, 15) is 9.59 Å². The van der Waals surface area contributed by atoms with Crippen LogP contribution >= 0.6 is 0 Å². The molecule has 4 nitrogen and oxygen atoms in total. The Hall–Kier alpha value is -0.740. The first-order chi connectivity index (χ1) is 4.85. The van der Waals surface area contributed by atoms with Crippen LogP contribution in [0.25, 0.3) is 0 Å². The lowest BCUT2D eigenvalue weighted by atomic mass is 10.3. The normalized spacial score (nSPS) is 12.5. The lowest BCUT2D eigenvalue weighted by Crippen LogP contribution is -2.19. The van der Waals surface area contributed by atoms with Crippen LogP contribution in [0.1, 0.15) is 6.42 Å². The Morgan fingerprint density at radius 2 is 2.10 bits per heavy atom. The summed E-state index contributed by atoms with van der Waals surface area (Å²) in [4.78, 5) is 19.6. The van der Waals surface area contributed by atoms with Crippen molar-refractivity contribution < 1.29 is 19.4 Å². The molecular formula is C6H10O4. The molecule has 0 aliphatic heterocycles. The van der Waals surface area contributed by atoms with Gasteiger partial charge in [-0.3, -0.25) is 0 Å². The summed E-state index contributed by atoms with van der Waals surface area (Å²) >= 11 is 0. The Bertz CT molecular complexity index is 102. The molecule has 1 atom stereocenters. The predicted octanol–water partition coefficient (Wildman–Crippen LogP) is -0.848. The summed E-state index contributed by atoms with van der Waals surface area (Å²) in [6, 6.07) is 0. The smallest absolute Gasteiger partial charge is 0.145 e. The number of carbonyl (C=O) groups is 2. The van der Waals surface area contributed by atoms with E-state index in [2.05, 4.69) is 0 Å². The molecule has 0 spiro atoms. The van der Waals surface area contributed by atoms with Crippen LogP contribution in [0.4, 0.5) is 0 Å². The minimum Gasteiger partial charge on any atom is -0.394 e.